The lowest BCUT2D eigenvalue weighted by atomic mass is 10.0. The number of ketones is 2. The van der Waals surface area contributed by atoms with Crippen LogP contribution in [-0.4, -0.2) is 109 Å². The van der Waals surface area contributed by atoms with Crippen molar-refractivity contribution < 1.29 is 23.9 Å². The molecule has 2 aliphatic heterocycles. The fourth-order valence-corrected chi connectivity index (χ4v) is 5.58. The predicted octanol–water partition coefficient (Wildman–Crippen LogP) is 0.743. The zero-order valence-electron chi connectivity index (χ0n) is 18.6. The lowest BCUT2D eigenvalue weighted by molar-refractivity contribution is -0.142. The van der Waals surface area contributed by atoms with E-state index in [2.05, 4.69) is 26.2 Å². The van der Waals surface area contributed by atoms with Crippen LogP contribution in [0.4, 0.5) is 0 Å². The maximum Gasteiger partial charge on any atom is 0.282 e. The predicted molar refractivity (Wildman–Crippen MR) is 125 cm³/mol. The van der Waals surface area contributed by atoms with Crippen molar-refractivity contribution in [3.63, 3.8) is 0 Å². The summed E-state index contributed by atoms with van der Waals surface area (Å²) in [5.41, 5.74) is 0.177. The summed E-state index contributed by atoms with van der Waals surface area (Å²) in [6.45, 7) is 3.34. The van der Waals surface area contributed by atoms with E-state index in [1.807, 2.05) is 19.0 Å². The minimum absolute atomic E-state index is 0.0103. The number of carbonyl (C=O) groups is 4. The summed E-state index contributed by atoms with van der Waals surface area (Å²) in [5.74, 6) is -1.12. The van der Waals surface area contributed by atoms with E-state index < -0.39 is 5.78 Å². The fraction of sp³-hybridized carbons (Fsp3) is 0.571. The van der Waals surface area contributed by atoms with E-state index in [9.17, 15) is 19.2 Å². The number of likely N-dealkylation sites (N-methyl/N-ethyl adjacent to an activating group) is 1. The highest BCUT2D eigenvalue weighted by Gasteiger charge is 2.37. The van der Waals surface area contributed by atoms with Crippen LogP contribution in [0.2, 0.25) is 0 Å². The van der Waals surface area contributed by atoms with Gasteiger partial charge in [0.15, 0.2) is 5.01 Å². The van der Waals surface area contributed by atoms with Crippen LogP contribution in [0.5, 0.6) is 0 Å². The van der Waals surface area contributed by atoms with Gasteiger partial charge in [-0.15, -0.1) is 11.3 Å². The van der Waals surface area contributed by atoms with Crippen LogP contribution >= 0.6 is 27.3 Å². The molecule has 1 aliphatic carbocycles. The SMILES string of the molecule is CN(C)CCNC1=C(Br)C(=O)c2sc(C(=O)N3CCN(C(=O)C4CCCO4)CC3)nc2C1=O. The zero-order valence-corrected chi connectivity index (χ0v) is 21.0. The van der Waals surface area contributed by atoms with Gasteiger partial charge in [-0.3, -0.25) is 19.2 Å². The summed E-state index contributed by atoms with van der Waals surface area (Å²) in [4.78, 5) is 61.0. The number of ether oxygens (including phenoxy) is 1. The van der Waals surface area contributed by atoms with Crippen molar-refractivity contribution in [3.05, 3.63) is 25.8 Å². The van der Waals surface area contributed by atoms with E-state index in [0.717, 1.165) is 24.2 Å². The van der Waals surface area contributed by atoms with E-state index in [4.69, 9.17) is 4.74 Å². The first-order valence-corrected chi connectivity index (χ1v) is 12.5. The molecule has 3 aliphatic rings. The zero-order chi connectivity index (χ0) is 23.7. The standard InChI is InChI=1S/C21H26BrN5O5S/c1-25(2)6-5-23-14-13(22)16(28)18-15(17(14)29)24-19(33-18)21(31)27-9-7-26(8-10-27)20(30)12-4-3-11-32-12/h12,23H,3-11H2,1-2H3. The summed E-state index contributed by atoms with van der Waals surface area (Å²) in [6, 6.07) is 0. The Kier molecular flexibility index (Phi) is 7.27. The number of aromatic nitrogens is 1. The van der Waals surface area contributed by atoms with Crippen LogP contribution in [0, 0.1) is 0 Å². The summed E-state index contributed by atoms with van der Waals surface area (Å²) in [6.07, 6.45) is 1.25. The number of hydrogen-bond acceptors (Lipinski definition) is 9. The Labute approximate surface area is 204 Å². The first kappa shape index (κ1) is 24.0. The molecule has 2 fully saturated rings. The minimum atomic E-state index is -0.405. The number of nitrogens with zero attached hydrogens (tertiary/aromatic N) is 4. The molecule has 0 bridgehead atoms. The van der Waals surface area contributed by atoms with Gasteiger partial charge < -0.3 is 24.8 Å². The van der Waals surface area contributed by atoms with E-state index in [1.54, 1.807) is 9.80 Å². The number of fused-ring (bicyclic) bond motifs is 1. The molecule has 2 saturated heterocycles. The molecule has 10 nitrogen and oxygen atoms in total. The molecule has 1 aromatic rings. The third kappa shape index (κ3) is 4.88. The molecule has 1 aromatic heterocycles. The molecule has 1 unspecified atom stereocenters. The maximum absolute atomic E-state index is 13.1. The topological polar surface area (TPSA) is 112 Å². The quantitative estimate of drug-likeness (QED) is 0.563. The van der Waals surface area contributed by atoms with Gasteiger partial charge in [-0.05, 0) is 42.9 Å². The number of thiazole rings is 1. The van der Waals surface area contributed by atoms with E-state index in [0.29, 0.717) is 45.9 Å². The molecule has 0 radical (unpaired) electrons. The van der Waals surface area contributed by atoms with E-state index >= 15 is 0 Å². The highest BCUT2D eigenvalue weighted by molar-refractivity contribution is 9.12. The van der Waals surface area contributed by atoms with Crippen molar-refractivity contribution in [3.8, 4) is 0 Å². The number of carbonyl (C=O) groups excluding carboxylic acids is 4. The third-order valence-electron chi connectivity index (χ3n) is 5.82. The second-order valence-corrected chi connectivity index (χ2v) is 10.2. The van der Waals surface area contributed by atoms with Crippen LogP contribution in [0.3, 0.4) is 0 Å². The Morgan fingerprint density at radius 3 is 2.52 bits per heavy atom. The van der Waals surface area contributed by atoms with Crippen molar-refractivity contribution >= 4 is 50.6 Å². The summed E-state index contributed by atoms with van der Waals surface area (Å²) < 4.78 is 5.63. The second kappa shape index (κ2) is 10.00. The summed E-state index contributed by atoms with van der Waals surface area (Å²) in [7, 11) is 3.82. The number of allylic oxidation sites excluding steroid dienone is 2. The molecule has 3 heterocycles. The normalized spacial score (nSPS) is 21.2. The maximum atomic E-state index is 13.1. The van der Waals surface area contributed by atoms with Crippen LogP contribution in [0.25, 0.3) is 0 Å². The van der Waals surface area contributed by atoms with Crippen LogP contribution in [0.1, 0.15) is 42.8 Å². The molecule has 0 aromatic carbocycles. The molecular formula is C21H26BrN5O5S. The number of rotatable bonds is 6. The second-order valence-electron chi connectivity index (χ2n) is 8.39. The Balaban J connectivity index is 1.42. The van der Waals surface area contributed by atoms with Crippen LogP contribution < -0.4 is 5.32 Å². The van der Waals surface area contributed by atoms with Crippen molar-refractivity contribution in [1.82, 2.24) is 25.0 Å². The molecule has 0 spiro atoms. The van der Waals surface area contributed by atoms with Crippen molar-refractivity contribution in [2.24, 2.45) is 0 Å². The van der Waals surface area contributed by atoms with Gasteiger partial charge in [-0.25, -0.2) is 4.98 Å². The summed E-state index contributed by atoms with van der Waals surface area (Å²) in [5, 5.41) is 3.11. The molecule has 1 atom stereocenters. The molecule has 2 amide bonds. The molecule has 33 heavy (non-hydrogen) atoms. The smallest absolute Gasteiger partial charge is 0.282 e. The van der Waals surface area contributed by atoms with Crippen LogP contribution in [0.15, 0.2) is 10.2 Å². The van der Waals surface area contributed by atoms with E-state index in [-0.39, 0.29) is 49.5 Å². The van der Waals surface area contributed by atoms with Gasteiger partial charge in [-0.2, -0.15) is 0 Å². The number of hydrogen-bond donors (Lipinski definition) is 1. The number of nitrogens with one attached hydrogen (secondary N) is 1. The van der Waals surface area contributed by atoms with Crippen molar-refractivity contribution in [2.75, 3.05) is 60.0 Å². The molecule has 12 heteroatoms. The molecular weight excluding hydrogens is 514 g/mol. The van der Waals surface area contributed by atoms with Gasteiger partial charge in [0, 0.05) is 45.9 Å². The first-order chi connectivity index (χ1) is 15.8. The number of piperazine rings is 1. The molecule has 1 N–H and O–H groups in total. The van der Waals surface area contributed by atoms with Gasteiger partial charge >= 0.3 is 0 Å². The van der Waals surface area contributed by atoms with Gasteiger partial charge in [-0.1, -0.05) is 0 Å². The lowest BCUT2D eigenvalue weighted by Crippen LogP contribution is -2.52. The monoisotopic (exact) mass is 539 g/mol. The van der Waals surface area contributed by atoms with Crippen LogP contribution in [-0.2, 0) is 9.53 Å². The Morgan fingerprint density at radius 1 is 1.18 bits per heavy atom. The Morgan fingerprint density at radius 2 is 1.88 bits per heavy atom. The highest BCUT2D eigenvalue weighted by atomic mass is 79.9. The lowest BCUT2D eigenvalue weighted by Gasteiger charge is -2.35. The van der Waals surface area contributed by atoms with Crippen molar-refractivity contribution in [1.29, 1.82) is 0 Å². The average molecular weight is 540 g/mol. The average Bonchev–Trinajstić information content (AvgIpc) is 3.49. The van der Waals surface area contributed by atoms with Gasteiger partial charge in [0.05, 0.1) is 4.48 Å². The molecule has 178 valence electrons. The Bertz CT molecular complexity index is 1010. The van der Waals surface area contributed by atoms with Gasteiger partial charge in [0.25, 0.3) is 11.8 Å². The van der Waals surface area contributed by atoms with Crippen molar-refractivity contribution in [2.45, 2.75) is 18.9 Å². The summed E-state index contributed by atoms with van der Waals surface area (Å²) >= 11 is 4.18. The van der Waals surface area contributed by atoms with Gasteiger partial charge in [0.2, 0.25) is 11.6 Å². The van der Waals surface area contributed by atoms with Gasteiger partial charge in [0.1, 0.15) is 22.4 Å². The number of amides is 2. The third-order valence-corrected chi connectivity index (χ3v) is 7.62. The van der Waals surface area contributed by atoms with E-state index in [1.165, 1.54) is 0 Å². The number of Topliss-reactive ketones (excluding diaryl/α,β-unsaturated/α-hetero) is 2. The first-order valence-electron chi connectivity index (χ1n) is 10.9. The highest BCUT2D eigenvalue weighted by Crippen LogP contribution is 2.32. The molecule has 4 rings (SSSR count). The fourth-order valence-electron chi connectivity index (χ4n) is 3.95. The minimum Gasteiger partial charge on any atom is -0.379 e. The number of halogens is 1. The Hall–Kier alpha value is -2.15. The largest absolute Gasteiger partial charge is 0.379 e. The molecule has 0 saturated carbocycles.